The van der Waals surface area contributed by atoms with Gasteiger partial charge in [-0.15, -0.1) is 0 Å². The van der Waals surface area contributed by atoms with Gasteiger partial charge in [0.2, 0.25) is 11.7 Å². The van der Waals surface area contributed by atoms with Gasteiger partial charge < -0.3 is 24.5 Å². The Labute approximate surface area is 176 Å². The van der Waals surface area contributed by atoms with Gasteiger partial charge in [-0.25, -0.2) is 4.98 Å². The number of imidazole rings is 1. The summed E-state index contributed by atoms with van der Waals surface area (Å²) in [7, 11) is 4.73. The van der Waals surface area contributed by atoms with Crippen LogP contribution in [0.4, 0.5) is 0 Å². The zero-order valence-electron chi connectivity index (χ0n) is 18.1. The van der Waals surface area contributed by atoms with Gasteiger partial charge in [0.15, 0.2) is 11.5 Å². The van der Waals surface area contributed by atoms with Gasteiger partial charge in [-0.3, -0.25) is 4.79 Å². The molecular weight excluding hydrogens is 382 g/mol. The number of aromatic amines is 1. The number of carbonyl (C=O) groups excluding carboxylic acids is 1. The van der Waals surface area contributed by atoms with Crippen LogP contribution in [-0.2, 0) is 11.2 Å². The van der Waals surface area contributed by atoms with Gasteiger partial charge in [0.05, 0.1) is 38.4 Å². The molecule has 1 atom stereocenters. The lowest BCUT2D eigenvalue weighted by molar-refractivity contribution is -0.122. The number of nitrogens with one attached hydrogen (secondary N) is 2. The summed E-state index contributed by atoms with van der Waals surface area (Å²) in [5.41, 5.74) is 2.74. The number of methoxy groups -OCH3 is 3. The number of aryl methyl sites for hydroxylation is 1. The minimum Gasteiger partial charge on any atom is -0.493 e. The normalized spacial score (nSPS) is 12.1. The number of aromatic nitrogens is 2. The fourth-order valence-corrected chi connectivity index (χ4v) is 3.52. The van der Waals surface area contributed by atoms with E-state index in [2.05, 4.69) is 29.1 Å². The molecule has 0 radical (unpaired) electrons. The molecule has 7 nitrogen and oxygen atoms in total. The highest BCUT2D eigenvalue weighted by atomic mass is 16.5. The third-order valence-electron chi connectivity index (χ3n) is 5.09. The van der Waals surface area contributed by atoms with Crippen LogP contribution in [-0.4, -0.2) is 37.2 Å². The van der Waals surface area contributed by atoms with Crippen LogP contribution in [0.3, 0.4) is 0 Å². The van der Waals surface area contributed by atoms with Crippen LogP contribution in [0, 0.1) is 5.92 Å². The topological polar surface area (TPSA) is 85.5 Å². The van der Waals surface area contributed by atoms with Gasteiger partial charge in [-0.1, -0.05) is 32.0 Å². The van der Waals surface area contributed by atoms with Crippen molar-refractivity contribution in [1.82, 2.24) is 15.3 Å². The van der Waals surface area contributed by atoms with Gasteiger partial charge in [0.25, 0.3) is 0 Å². The lowest BCUT2D eigenvalue weighted by Gasteiger charge is -2.21. The van der Waals surface area contributed by atoms with E-state index in [4.69, 9.17) is 14.2 Å². The number of para-hydroxylation sites is 2. The van der Waals surface area contributed by atoms with Crippen molar-refractivity contribution in [2.24, 2.45) is 5.92 Å². The van der Waals surface area contributed by atoms with Crippen LogP contribution in [0.1, 0.15) is 37.7 Å². The Kier molecular flexibility index (Phi) is 6.82. The summed E-state index contributed by atoms with van der Waals surface area (Å²) < 4.78 is 16.3. The molecule has 0 aliphatic heterocycles. The molecule has 0 aliphatic rings. The molecule has 1 heterocycles. The molecule has 0 aliphatic carbocycles. The number of ether oxygens (including phenoxy) is 3. The minimum atomic E-state index is -0.197. The molecule has 2 N–H and O–H groups in total. The van der Waals surface area contributed by atoms with Gasteiger partial charge in [-0.2, -0.15) is 0 Å². The smallest absolute Gasteiger partial charge is 0.220 e. The number of benzene rings is 2. The van der Waals surface area contributed by atoms with Crippen LogP contribution in [0.15, 0.2) is 36.4 Å². The summed E-state index contributed by atoms with van der Waals surface area (Å²) in [5.74, 6) is 2.61. The molecule has 0 fully saturated rings. The van der Waals surface area contributed by atoms with Crippen molar-refractivity contribution in [3.05, 3.63) is 47.8 Å². The van der Waals surface area contributed by atoms with E-state index in [1.165, 1.54) is 0 Å². The van der Waals surface area contributed by atoms with Gasteiger partial charge in [0, 0.05) is 6.42 Å². The zero-order valence-corrected chi connectivity index (χ0v) is 18.1. The summed E-state index contributed by atoms with van der Waals surface area (Å²) in [6.07, 6.45) is 0.829. The Bertz CT molecular complexity index is 980. The highest BCUT2D eigenvalue weighted by Crippen LogP contribution is 2.40. The fraction of sp³-hybridized carbons (Fsp3) is 0.391. The molecule has 1 aromatic heterocycles. The van der Waals surface area contributed by atoms with Gasteiger partial charge in [-0.05, 0) is 36.1 Å². The summed E-state index contributed by atoms with van der Waals surface area (Å²) in [6.45, 7) is 4.13. The highest BCUT2D eigenvalue weighted by Gasteiger charge is 2.22. The number of rotatable bonds is 9. The van der Waals surface area contributed by atoms with Crippen molar-refractivity contribution in [2.45, 2.75) is 32.7 Å². The molecule has 2 aromatic carbocycles. The number of carbonyl (C=O) groups is 1. The highest BCUT2D eigenvalue weighted by molar-refractivity contribution is 5.78. The predicted molar refractivity (Wildman–Crippen MR) is 116 cm³/mol. The first-order valence-corrected chi connectivity index (χ1v) is 10.00. The van der Waals surface area contributed by atoms with E-state index in [0.29, 0.717) is 30.1 Å². The van der Waals surface area contributed by atoms with Gasteiger partial charge in [0.1, 0.15) is 5.82 Å². The average Bonchev–Trinajstić information content (AvgIpc) is 3.18. The average molecular weight is 412 g/mol. The Balaban J connectivity index is 1.72. The maximum Gasteiger partial charge on any atom is 0.220 e. The van der Waals surface area contributed by atoms with E-state index in [0.717, 1.165) is 22.4 Å². The second-order valence-electron chi connectivity index (χ2n) is 7.42. The first kappa shape index (κ1) is 21.5. The third-order valence-corrected chi connectivity index (χ3v) is 5.09. The molecule has 0 spiro atoms. The molecule has 3 rings (SSSR count). The fourth-order valence-electron chi connectivity index (χ4n) is 3.52. The van der Waals surface area contributed by atoms with Crippen molar-refractivity contribution in [1.29, 1.82) is 0 Å². The van der Waals surface area contributed by atoms with Crippen molar-refractivity contribution in [2.75, 3.05) is 21.3 Å². The lowest BCUT2D eigenvalue weighted by atomic mass is 10.0. The van der Waals surface area contributed by atoms with Crippen LogP contribution >= 0.6 is 0 Å². The number of hydrogen-bond acceptors (Lipinski definition) is 5. The summed E-state index contributed by atoms with van der Waals surface area (Å²) >= 11 is 0. The Morgan fingerprint density at radius 1 is 1.03 bits per heavy atom. The second kappa shape index (κ2) is 9.52. The molecule has 0 saturated carbocycles. The predicted octanol–water partition coefficient (Wildman–Crippen LogP) is 4.03. The minimum absolute atomic E-state index is 0.0500. The van der Waals surface area contributed by atoms with Crippen LogP contribution < -0.4 is 19.5 Å². The first-order valence-electron chi connectivity index (χ1n) is 10.00. The number of nitrogens with zero attached hydrogens (tertiary/aromatic N) is 1. The molecule has 3 aromatic rings. The number of fused-ring (bicyclic) bond motifs is 1. The quantitative estimate of drug-likeness (QED) is 0.555. The Morgan fingerprint density at radius 2 is 1.77 bits per heavy atom. The molecule has 7 heteroatoms. The van der Waals surface area contributed by atoms with Crippen molar-refractivity contribution in [3.63, 3.8) is 0 Å². The van der Waals surface area contributed by atoms with Gasteiger partial charge >= 0.3 is 0 Å². The lowest BCUT2D eigenvalue weighted by Crippen LogP contribution is -2.32. The molecule has 1 amide bonds. The van der Waals surface area contributed by atoms with E-state index in [1.807, 2.05) is 36.4 Å². The first-order chi connectivity index (χ1) is 14.5. The zero-order chi connectivity index (χ0) is 21.7. The SMILES string of the molecule is COc1ccc(CCC(=O)NC(c2nc3ccccc3[nH]2)C(C)C)c(OC)c1OC. The van der Waals surface area contributed by atoms with Crippen LogP contribution in [0.5, 0.6) is 17.2 Å². The molecule has 30 heavy (non-hydrogen) atoms. The number of amides is 1. The second-order valence-corrected chi connectivity index (χ2v) is 7.42. The maximum absolute atomic E-state index is 12.7. The van der Waals surface area contributed by atoms with E-state index in [9.17, 15) is 4.79 Å². The molecular formula is C23H29N3O4. The van der Waals surface area contributed by atoms with E-state index < -0.39 is 0 Å². The Morgan fingerprint density at radius 3 is 2.40 bits per heavy atom. The van der Waals surface area contributed by atoms with E-state index in [1.54, 1.807) is 21.3 Å². The molecule has 160 valence electrons. The van der Waals surface area contributed by atoms with Crippen molar-refractivity contribution >= 4 is 16.9 Å². The summed E-state index contributed by atoms with van der Waals surface area (Å²) in [5, 5.41) is 3.12. The Hall–Kier alpha value is -3.22. The summed E-state index contributed by atoms with van der Waals surface area (Å²) in [6, 6.07) is 11.4. The van der Waals surface area contributed by atoms with Crippen molar-refractivity contribution < 1.29 is 19.0 Å². The number of H-pyrrole nitrogens is 1. The molecule has 0 bridgehead atoms. The van der Waals surface area contributed by atoms with Crippen molar-refractivity contribution in [3.8, 4) is 17.2 Å². The summed E-state index contributed by atoms with van der Waals surface area (Å²) in [4.78, 5) is 20.7. The van der Waals surface area contributed by atoms with E-state index in [-0.39, 0.29) is 17.9 Å². The van der Waals surface area contributed by atoms with Crippen LogP contribution in [0.2, 0.25) is 0 Å². The van der Waals surface area contributed by atoms with Crippen LogP contribution in [0.25, 0.3) is 11.0 Å². The third kappa shape index (κ3) is 4.50. The largest absolute Gasteiger partial charge is 0.493 e. The van der Waals surface area contributed by atoms with E-state index >= 15 is 0 Å². The monoisotopic (exact) mass is 411 g/mol. The number of hydrogen-bond donors (Lipinski definition) is 2. The molecule has 0 saturated heterocycles. The molecule has 1 unspecified atom stereocenters. The maximum atomic E-state index is 12.7. The standard InChI is InChI=1S/C23H29N3O4/c1-14(2)20(23-24-16-8-6-7-9-17(16)25-23)26-19(27)13-11-15-10-12-18(28-3)22(30-5)21(15)29-4/h6-10,12,14,20H,11,13H2,1-5H3,(H,24,25)(H,26,27).